The van der Waals surface area contributed by atoms with E-state index in [-0.39, 0.29) is 0 Å². The van der Waals surface area contributed by atoms with Gasteiger partial charge in [-0.05, 0) is 54.5 Å². The SMILES string of the molecule is CN(C)c1ccc(C#Cc2ccccc(-c3ccc(F)nc3)nc[nH]2)cc1. The molecule has 0 saturated carbocycles. The van der Waals surface area contributed by atoms with Crippen molar-refractivity contribution in [2.24, 2.45) is 0 Å². The lowest BCUT2D eigenvalue weighted by atomic mass is 10.2. The van der Waals surface area contributed by atoms with Crippen molar-refractivity contribution < 1.29 is 4.39 Å². The summed E-state index contributed by atoms with van der Waals surface area (Å²) in [5, 5.41) is 0. The van der Waals surface area contributed by atoms with Crippen LogP contribution in [0.3, 0.4) is 0 Å². The van der Waals surface area contributed by atoms with Gasteiger partial charge in [-0.3, -0.25) is 0 Å². The van der Waals surface area contributed by atoms with E-state index < -0.39 is 5.95 Å². The summed E-state index contributed by atoms with van der Waals surface area (Å²) >= 11 is 0. The quantitative estimate of drug-likeness (QED) is 0.552. The van der Waals surface area contributed by atoms with Gasteiger partial charge in [0.05, 0.1) is 17.7 Å². The molecule has 3 rings (SSSR count). The number of benzene rings is 1. The number of nitrogens with one attached hydrogen (secondary N) is 1. The normalized spacial score (nSPS) is 9.74. The van der Waals surface area contributed by atoms with E-state index >= 15 is 0 Å². The Labute approximate surface area is 158 Å². The van der Waals surface area contributed by atoms with Gasteiger partial charge < -0.3 is 9.88 Å². The van der Waals surface area contributed by atoms with Crippen LogP contribution in [0.25, 0.3) is 11.3 Å². The molecule has 0 unspecified atom stereocenters. The summed E-state index contributed by atoms with van der Waals surface area (Å²) < 4.78 is 13.0. The Morgan fingerprint density at radius 1 is 0.889 bits per heavy atom. The maximum Gasteiger partial charge on any atom is 0.212 e. The van der Waals surface area contributed by atoms with Crippen LogP contribution in [0.5, 0.6) is 0 Å². The highest BCUT2D eigenvalue weighted by Gasteiger charge is 1.98. The van der Waals surface area contributed by atoms with Crippen LogP contribution in [0.2, 0.25) is 0 Å². The van der Waals surface area contributed by atoms with Crippen LogP contribution in [0.4, 0.5) is 10.1 Å². The van der Waals surface area contributed by atoms with Gasteiger partial charge in [0.25, 0.3) is 0 Å². The number of hydrogen-bond donors (Lipinski definition) is 1. The average Bonchev–Trinajstić information content (AvgIpc) is 2.79. The van der Waals surface area contributed by atoms with Crippen molar-refractivity contribution in [2.45, 2.75) is 0 Å². The molecule has 5 heteroatoms. The largest absolute Gasteiger partial charge is 0.378 e. The molecule has 4 nitrogen and oxygen atoms in total. The molecule has 0 amide bonds. The Morgan fingerprint density at radius 2 is 1.67 bits per heavy atom. The van der Waals surface area contributed by atoms with E-state index in [2.05, 4.69) is 26.8 Å². The van der Waals surface area contributed by atoms with Crippen molar-refractivity contribution in [1.82, 2.24) is 15.0 Å². The second kappa shape index (κ2) is 8.63. The van der Waals surface area contributed by atoms with Crippen molar-refractivity contribution >= 4 is 5.69 Å². The fourth-order valence-corrected chi connectivity index (χ4v) is 2.32. The van der Waals surface area contributed by atoms with Crippen molar-refractivity contribution in [3.8, 4) is 23.1 Å². The van der Waals surface area contributed by atoms with Crippen LogP contribution in [-0.4, -0.2) is 29.0 Å². The molecule has 0 aliphatic rings. The van der Waals surface area contributed by atoms with E-state index in [0.29, 0.717) is 5.69 Å². The number of anilines is 1. The first-order valence-electron chi connectivity index (χ1n) is 8.41. The Bertz CT molecular complexity index is 1010. The minimum atomic E-state index is -0.516. The first-order valence-corrected chi connectivity index (χ1v) is 8.41. The molecule has 0 spiro atoms. The second-order valence-electron chi connectivity index (χ2n) is 5.98. The van der Waals surface area contributed by atoms with Gasteiger partial charge in [-0.15, -0.1) is 0 Å². The van der Waals surface area contributed by atoms with Gasteiger partial charge >= 0.3 is 0 Å². The van der Waals surface area contributed by atoms with Gasteiger partial charge in [-0.2, -0.15) is 4.39 Å². The minimum Gasteiger partial charge on any atom is -0.378 e. The minimum absolute atomic E-state index is 0.516. The Kier molecular flexibility index (Phi) is 5.80. The highest BCUT2D eigenvalue weighted by atomic mass is 19.1. The topological polar surface area (TPSA) is 44.8 Å². The first kappa shape index (κ1) is 18.2. The fourth-order valence-electron chi connectivity index (χ4n) is 2.32. The Hall–Kier alpha value is -3.65. The number of aromatic amines is 1. The lowest BCUT2D eigenvalue weighted by Crippen LogP contribution is -2.07. The van der Waals surface area contributed by atoms with Gasteiger partial charge in [0.2, 0.25) is 5.95 Å². The van der Waals surface area contributed by atoms with E-state index in [1.54, 1.807) is 12.4 Å². The molecule has 0 atom stereocenters. The summed E-state index contributed by atoms with van der Waals surface area (Å²) in [6.45, 7) is 0. The van der Waals surface area contributed by atoms with Gasteiger partial charge in [0.15, 0.2) is 0 Å². The summed E-state index contributed by atoms with van der Waals surface area (Å²) in [4.78, 5) is 13.2. The second-order valence-corrected chi connectivity index (χ2v) is 5.98. The summed E-state index contributed by atoms with van der Waals surface area (Å²) in [7, 11) is 4.01. The fraction of sp³-hybridized carbons (Fsp3) is 0.0909. The number of H-pyrrole nitrogens is 1. The zero-order chi connectivity index (χ0) is 19.1. The molecule has 2 heterocycles. The zero-order valence-electron chi connectivity index (χ0n) is 15.1. The average molecular weight is 358 g/mol. The van der Waals surface area contributed by atoms with Gasteiger partial charge in [-0.1, -0.05) is 18.1 Å². The van der Waals surface area contributed by atoms with Crippen LogP contribution >= 0.6 is 0 Å². The summed E-state index contributed by atoms with van der Waals surface area (Å²) in [5.41, 5.74) is 4.19. The lowest BCUT2D eigenvalue weighted by molar-refractivity contribution is 0.584. The summed E-state index contributed by atoms with van der Waals surface area (Å²) in [6, 6.07) is 18.4. The molecule has 0 aliphatic carbocycles. The molecule has 0 saturated heterocycles. The number of rotatable bonds is 2. The zero-order valence-corrected chi connectivity index (χ0v) is 15.1. The van der Waals surface area contributed by atoms with Crippen LogP contribution in [-0.2, 0) is 0 Å². The van der Waals surface area contributed by atoms with E-state index in [4.69, 9.17) is 0 Å². The van der Waals surface area contributed by atoms with Gasteiger partial charge in [0.1, 0.15) is 0 Å². The van der Waals surface area contributed by atoms with Gasteiger partial charge in [0, 0.05) is 37.1 Å². The van der Waals surface area contributed by atoms with Crippen molar-refractivity contribution in [2.75, 3.05) is 19.0 Å². The molecule has 2 aromatic heterocycles. The summed E-state index contributed by atoms with van der Waals surface area (Å²) in [5.74, 6) is 5.72. The van der Waals surface area contributed by atoms with E-state index in [1.807, 2.05) is 67.5 Å². The smallest absolute Gasteiger partial charge is 0.212 e. The molecule has 1 aromatic carbocycles. The lowest BCUT2D eigenvalue weighted by Gasteiger charge is -2.11. The maximum absolute atomic E-state index is 13.0. The van der Waals surface area contributed by atoms with Crippen LogP contribution in [0.1, 0.15) is 11.3 Å². The number of pyridine rings is 1. The molecule has 0 radical (unpaired) electrons. The van der Waals surface area contributed by atoms with E-state index in [0.717, 1.165) is 22.5 Å². The molecule has 3 aromatic rings. The van der Waals surface area contributed by atoms with Crippen LogP contribution in [0.15, 0.2) is 73.2 Å². The maximum atomic E-state index is 13.0. The number of nitrogens with zero attached hydrogens (tertiary/aromatic N) is 3. The van der Waals surface area contributed by atoms with Crippen LogP contribution in [0, 0.1) is 17.8 Å². The number of hydrogen-bond acceptors (Lipinski definition) is 3. The standard InChI is InChI=1S/C22H19FN4/c1-27(2)20-12-8-17(9-13-20)7-11-19-5-3-4-6-21(26-16-25-19)18-10-14-22(23)24-15-18/h3-6,8-10,12-16H,1-2H3,(H,25,26). The first-order chi connectivity index (χ1) is 13.1. The molecule has 0 bridgehead atoms. The van der Waals surface area contributed by atoms with Crippen molar-refractivity contribution in [3.63, 3.8) is 0 Å². The highest BCUT2D eigenvalue weighted by molar-refractivity contribution is 5.56. The summed E-state index contributed by atoms with van der Waals surface area (Å²) in [6.07, 6.45) is 3.02. The number of aromatic nitrogens is 3. The predicted octanol–water partition coefficient (Wildman–Crippen LogP) is 4.20. The van der Waals surface area contributed by atoms with Crippen molar-refractivity contribution in [3.05, 3.63) is 90.4 Å². The van der Waals surface area contributed by atoms with Crippen LogP contribution < -0.4 is 4.90 Å². The molecule has 1 N–H and O–H groups in total. The highest BCUT2D eigenvalue weighted by Crippen LogP contribution is 2.14. The molecule has 134 valence electrons. The monoisotopic (exact) mass is 358 g/mol. The third-order valence-corrected chi connectivity index (χ3v) is 3.80. The predicted molar refractivity (Wildman–Crippen MR) is 106 cm³/mol. The molecular formula is C22H19FN4. The Balaban J connectivity index is 1.86. The van der Waals surface area contributed by atoms with E-state index in [1.165, 1.54) is 12.3 Å². The molecule has 27 heavy (non-hydrogen) atoms. The molecule has 0 aliphatic heterocycles. The number of halogens is 1. The van der Waals surface area contributed by atoms with Crippen molar-refractivity contribution in [1.29, 1.82) is 0 Å². The van der Waals surface area contributed by atoms with E-state index in [9.17, 15) is 4.39 Å². The third kappa shape index (κ3) is 5.16. The Morgan fingerprint density at radius 3 is 2.37 bits per heavy atom. The molecular weight excluding hydrogens is 339 g/mol. The van der Waals surface area contributed by atoms with Gasteiger partial charge in [-0.25, -0.2) is 9.97 Å². The third-order valence-electron chi connectivity index (χ3n) is 3.80. The molecule has 0 fully saturated rings.